The molecule has 1 aromatic heterocycles. The summed E-state index contributed by atoms with van der Waals surface area (Å²) in [5.41, 5.74) is -0.651. The number of methoxy groups -OCH3 is 1. The van der Waals surface area contributed by atoms with Gasteiger partial charge >= 0.3 is 6.09 Å². The van der Waals surface area contributed by atoms with Gasteiger partial charge in [0.25, 0.3) is 5.91 Å². The quantitative estimate of drug-likeness (QED) is 0.248. The summed E-state index contributed by atoms with van der Waals surface area (Å²) in [6, 6.07) is 14.8. The number of amides is 4. The Balaban J connectivity index is 1.53. The molecule has 3 N–H and O–H groups in total. The van der Waals surface area contributed by atoms with Crippen molar-refractivity contribution < 1.29 is 33.4 Å². The number of nitrogens with zero attached hydrogens (tertiary/aromatic N) is 3. The van der Waals surface area contributed by atoms with Gasteiger partial charge in [-0.05, 0) is 59.1 Å². The first-order chi connectivity index (χ1) is 22.8. The molecule has 1 saturated heterocycles. The predicted molar refractivity (Wildman–Crippen MR) is 179 cm³/mol. The molecule has 4 rings (SSSR count). The Labute approximate surface area is 281 Å². The van der Waals surface area contributed by atoms with Gasteiger partial charge in [0.05, 0.1) is 26.7 Å². The molecule has 13 nitrogen and oxygen atoms in total. The molecule has 2 aromatic carbocycles. The van der Waals surface area contributed by atoms with Gasteiger partial charge in [-0.3, -0.25) is 14.4 Å². The molecule has 0 saturated carbocycles. The van der Waals surface area contributed by atoms with Crippen LogP contribution in [0.2, 0.25) is 0 Å². The van der Waals surface area contributed by atoms with Gasteiger partial charge in [0.2, 0.25) is 11.8 Å². The third kappa shape index (κ3) is 9.80. The maximum atomic E-state index is 13.8. The van der Waals surface area contributed by atoms with Crippen molar-refractivity contribution in [3.63, 3.8) is 0 Å². The van der Waals surface area contributed by atoms with Crippen molar-refractivity contribution in [2.45, 2.75) is 77.3 Å². The average molecular weight is 663 g/mol. The molecule has 48 heavy (non-hydrogen) atoms. The smallest absolute Gasteiger partial charge is 0.408 e. The molecular weight excluding hydrogens is 616 g/mol. The number of aromatic nitrogens is 2. The number of nitrogens with one attached hydrogen (secondary N) is 3. The Morgan fingerprint density at radius 3 is 2.27 bits per heavy atom. The minimum atomic E-state index is -1.43. The molecule has 258 valence electrons. The number of benzene rings is 2. The number of anilines is 1. The van der Waals surface area contributed by atoms with E-state index in [2.05, 4.69) is 20.9 Å². The number of hydrogen-bond donors (Lipinski definition) is 3. The van der Waals surface area contributed by atoms with Gasteiger partial charge in [-0.1, -0.05) is 48.5 Å². The fraction of sp³-hybridized carbons (Fsp3) is 0.457. The van der Waals surface area contributed by atoms with Gasteiger partial charge in [-0.15, -0.1) is 0 Å². The topological polar surface area (TPSA) is 153 Å². The maximum absolute atomic E-state index is 13.8. The second-order valence-electron chi connectivity index (χ2n) is 13.2. The maximum Gasteiger partial charge on any atom is 0.408 e. The average Bonchev–Trinajstić information content (AvgIpc) is 3.73. The summed E-state index contributed by atoms with van der Waals surface area (Å²) in [5.74, 6) is -0.617. The van der Waals surface area contributed by atoms with E-state index in [1.165, 1.54) is 20.2 Å². The van der Waals surface area contributed by atoms with E-state index in [-0.39, 0.29) is 24.9 Å². The summed E-state index contributed by atoms with van der Waals surface area (Å²) >= 11 is 0. The highest BCUT2D eigenvalue weighted by Gasteiger charge is 2.35. The lowest BCUT2D eigenvalue weighted by Gasteiger charge is -2.29. The van der Waals surface area contributed by atoms with E-state index in [0.29, 0.717) is 24.4 Å². The van der Waals surface area contributed by atoms with Gasteiger partial charge in [-0.25, -0.2) is 9.78 Å². The van der Waals surface area contributed by atoms with E-state index in [4.69, 9.17) is 14.2 Å². The standard InChI is InChI=1S/C35H46N6O7/c1-34(2,3)48-33(45)39-35(4,5)32(44)37-26(22-47-21-24-14-8-7-9-15-24)30(42)38-28-20-41(23-36-28)29(31(43)40-18-12-13-19-40)25-16-10-11-17-27(25)46-6/h7-11,14-17,20,23,26,29H,12-13,18-19,21-22H2,1-6H3,(H,37,44)(H,38,42)(H,39,45). The Morgan fingerprint density at radius 1 is 0.938 bits per heavy atom. The first-order valence-corrected chi connectivity index (χ1v) is 16.0. The third-order valence-electron chi connectivity index (χ3n) is 7.64. The van der Waals surface area contributed by atoms with Crippen LogP contribution in [0.25, 0.3) is 0 Å². The fourth-order valence-electron chi connectivity index (χ4n) is 5.19. The molecule has 1 aliphatic rings. The number of rotatable bonds is 13. The monoisotopic (exact) mass is 662 g/mol. The zero-order valence-electron chi connectivity index (χ0n) is 28.4. The van der Waals surface area contributed by atoms with Crippen LogP contribution in [-0.4, -0.2) is 82.3 Å². The van der Waals surface area contributed by atoms with Crippen LogP contribution in [-0.2, 0) is 30.5 Å². The molecular formula is C35H46N6O7. The van der Waals surface area contributed by atoms with Crippen molar-refractivity contribution in [2.75, 3.05) is 32.1 Å². The summed E-state index contributed by atoms with van der Waals surface area (Å²) < 4.78 is 18.4. The molecule has 3 aromatic rings. The molecule has 1 aliphatic heterocycles. The summed E-state index contributed by atoms with van der Waals surface area (Å²) in [5, 5.41) is 8.00. The number of likely N-dealkylation sites (tertiary alicyclic amines) is 1. The van der Waals surface area contributed by atoms with E-state index >= 15 is 0 Å². The van der Waals surface area contributed by atoms with E-state index < -0.39 is 41.1 Å². The van der Waals surface area contributed by atoms with Crippen LogP contribution in [0.15, 0.2) is 67.1 Å². The summed E-state index contributed by atoms with van der Waals surface area (Å²) in [6.45, 7) is 9.50. The fourth-order valence-corrected chi connectivity index (χ4v) is 5.19. The van der Waals surface area contributed by atoms with Crippen molar-refractivity contribution in [3.05, 3.63) is 78.2 Å². The van der Waals surface area contributed by atoms with Crippen LogP contribution in [0.1, 0.15) is 64.6 Å². The molecule has 1 fully saturated rings. The molecule has 0 aliphatic carbocycles. The first kappa shape index (κ1) is 35.9. The van der Waals surface area contributed by atoms with Crippen LogP contribution in [0.3, 0.4) is 0 Å². The predicted octanol–water partition coefficient (Wildman–Crippen LogP) is 4.05. The molecule has 0 radical (unpaired) electrons. The van der Waals surface area contributed by atoms with Crippen molar-refractivity contribution in [1.29, 1.82) is 0 Å². The number of para-hydroxylation sites is 1. The van der Waals surface area contributed by atoms with Gasteiger partial charge in [0.1, 0.15) is 29.0 Å². The Hall–Kier alpha value is -4.91. The van der Waals surface area contributed by atoms with E-state index in [9.17, 15) is 19.2 Å². The zero-order valence-corrected chi connectivity index (χ0v) is 28.4. The lowest BCUT2D eigenvalue weighted by Crippen LogP contribution is -2.59. The normalized spacial score (nSPS) is 14.5. The van der Waals surface area contributed by atoms with Crippen LogP contribution in [0.4, 0.5) is 10.6 Å². The summed E-state index contributed by atoms with van der Waals surface area (Å²) in [4.78, 5) is 59.5. The van der Waals surface area contributed by atoms with E-state index in [1.54, 1.807) is 44.7 Å². The van der Waals surface area contributed by atoms with Crippen LogP contribution in [0.5, 0.6) is 5.75 Å². The Bertz CT molecular complexity index is 1560. The SMILES string of the molecule is COc1ccccc1C(C(=O)N1CCCC1)n1cnc(NC(=O)C(COCc2ccccc2)NC(=O)C(C)(C)NC(=O)OC(C)(C)C)c1. The number of carbonyl (C=O) groups excluding carboxylic acids is 4. The number of carbonyl (C=O) groups is 4. The highest BCUT2D eigenvalue weighted by Crippen LogP contribution is 2.31. The first-order valence-electron chi connectivity index (χ1n) is 16.0. The lowest BCUT2D eigenvalue weighted by molar-refractivity contribution is -0.132. The molecule has 0 bridgehead atoms. The molecule has 2 heterocycles. The molecule has 4 amide bonds. The van der Waals surface area contributed by atoms with Crippen molar-refractivity contribution in [3.8, 4) is 5.75 Å². The summed E-state index contributed by atoms with van der Waals surface area (Å²) in [7, 11) is 1.55. The molecule has 2 atom stereocenters. The van der Waals surface area contributed by atoms with Crippen LogP contribution in [0, 0.1) is 0 Å². The van der Waals surface area contributed by atoms with Crippen molar-refractivity contribution in [2.24, 2.45) is 0 Å². The minimum Gasteiger partial charge on any atom is -0.496 e. The van der Waals surface area contributed by atoms with E-state index in [0.717, 1.165) is 18.4 Å². The highest BCUT2D eigenvalue weighted by atomic mass is 16.6. The molecule has 13 heteroatoms. The largest absolute Gasteiger partial charge is 0.496 e. The zero-order chi connectivity index (χ0) is 34.9. The van der Waals surface area contributed by atoms with Gasteiger partial charge in [0, 0.05) is 24.8 Å². The number of imidazole rings is 1. The van der Waals surface area contributed by atoms with Crippen molar-refractivity contribution >= 4 is 29.6 Å². The second-order valence-corrected chi connectivity index (χ2v) is 13.2. The number of hydrogen-bond acceptors (Lipinski definition) is 8. The molecule has 0 spiro atoms. The molecule has 2 unspecified atom stereocenters. The van der Waals surface area contributed by atoms with Crippen LogP contribution >= 0.6 is 0 Å². The third-order valence-corrected chi connectivity index (χ3v) is 7.64. The van der Waals surface area contributed by atoms with Gasteiger partial charge in [-0.2, -0.15) is 0 Å². The van der Waals surface area contributed by atoms with Gasteiger partial charge in [0.15, 0.2) is 5.82 Å². The highest BCUT2D eigenvalue weighted by molar-refractivity contribution is 5.98. The number of ether oxygens (including phenoxy) is 3. The minimum absolute atomic E-state index is 0.105. The number of alkyl carbamates (subject to hydrolysis) is 1. The Morgan fingerprint density at radius 2 is 1.60 bits per heavy atom. The Kier molecular flexibility index (Phi) is 11.8. The van der Waals surface area contributed by atoms with E-state index in [1.807, 2.05) is 53.4 Å². The summed E-state index contributed by atoms with van der Waals surface area (Å²) in [6.07, 6.45) is 4.13. The van der Waals surface area contributed by atoms with Crippen LogP contribution < -0.4 is 20.7 Å². The lowest BCUT2D eigenvalue weighted by atomic mass is 10.0. The van der Waals surface area contributed by atoms with Crippen molar-refractivity contribution in [1.82, 2.24) is 25.1 Å². The van der Waals surface area contributed by atoms with Gasteiger partial charge < -0.3 is 39.6 Å². The second kappa shape index (κ2) is 15.8.